The van der Waals surface area contributed by atoms with Crippen molar-refractivity contribution in [2.24, 2.45) is 0 Å². The van der Waals surface area contributed by atoms with E-state index in [2.05, 4.69) is 5.32 Å². The molecule has 1 aromatic rings. The van der Waals surface area contributed by atoms with Crippen LogP contribution in [0.1, 0.15) is 32.4 Å². The van der Waals surface area contributed by atoms with E-state index in [1.54, 1.807) is 20.8 Å². The van der Waals surface area contributed by atoms with Crippen molar-refractivity contribution in [1.29, 1.82) is 0 Å². The Hall–Kier alpha value is -1.56. The van der Waals surface area contributed by atoms with E-state index in [0.717, 1.165) is 12.1 Å². The number of benzene rings is 1. The summed E-state index contributed by atoms with van der Waals surface area (Å²) in [6, 6.07) is 0.636. The van der Waals surface area contributed by atoms with Gasteiger partial charge in [0.05, 0.1) is 6.61 Å². The van der Waals surface area contributed by atoms with Crippen molar-refractivity contribution in [3.63, 3.8) is 0 Å². The molecule has 0 heterocycles. The highest BCUT2D eigenvalue weighted by Gasteiger charge is 2.19. The van der Waals surface area contributed by atoms with E-state index in [0.29, 0.717) is 0 Å². The number of hydrogen-bond donors (Lipinski definition) is 1. The molecule has 3 nitrogen and oxygen atoms in total. The van der Waals surface area contributed by atoms with E-state index in [1.165, 1.54) is 0 Å². The van der Waals surface area contributed by atoms with Gasteiger partial charge in [0, 0.05) is 6.04 Å². The Morgan fingerprint density at radius 1 is 1.26 bits per heavy atom. The van der Waals surface area contributed by atoms with Crippen LogP contribution in [-0.4, -0.2) is 18.6 Å². The Labute approximate surface area is 109 Å². The standard InChI is InChI=1S/C13H16F3NO2/c1-4-19-13(18)8(3)17-7(2)9-5-10(14)12(16)11(15)6-9/h5-8,17H,4H2,1-3H3. The third-order valence-electron chi connectivity index (χ3n) is 2.65. The minimum absolute atomic E-state index is 0.215. The second kappa shape index (κ2) is 6.56. The van der Waals surface area contributed by atoms with E-state index in [1.807, 2.05) is 0 Å². The zero-order chi connectivity index (χ0) is 14.6. The third kappa shape index (κ3) is 3.96. The van der Waals surface area contributed by atoms with Gasteiger partial charge in [-0.3, -0.25) is 10.1 Å². The maximum Gasteiger partial charge on any atom is 0.322 e. The average Bonchev–Trinajstić information content (AvgIpc) is 2.35. The number of carbonyl (C=O) groups is 1. The Balaban J connectivity index is 2.78. The summed E-state index contributed by atoms with van der Waals surface area (Å²) in [5, 5.41) is 2.82. The Morgan fingerprint density at radius 3 is 2.26 bits per heavy atom. The summed E-state index contributed by atoms with van der Waals surface area (Å²) in [5.41, 5.74) is 0.215. The van der Waals surface area contributed by atoms with Gasteiger partial charge < -0.3 is 4.74 Å². The summed E-state index contributed by atoms with van der Waals surface area (Å²) < 4.78 is 43.8. The predicted molar refractivity (Wildman–Crippen MR) is 64.0 cm³/mol. The van der Waals surface area contributed by atoms with Crippen molar-refractivity contribution in [2.45, 2.75) is 32.9 Å². The Morgan fingerprint density at radius 2 is 1.79 bits per heavy atom. The summed E-state index contributed by atoms with van der Waals surface area (Å²) in [6.07, 6.45) is 0. The Bertz CT molecular complexity index is 442. The first-order chi connectivity index (χ1) is 8.86. The molecule has 19 heavy (non-hydrogen) atoms. The molecule has 0 saturated carbocycles. The minimum atomic E-state index is -1.51. The SMILES string of the molecule is CCOC(=O)C(C)NC(C)c1cc(F)c(F)c(F)c1. The molecule has 0 aliphatic rings. The quantitative estimate of drug-likeness (QED) is 0.663. The largest absolute Gasteiger partial charge is 0.465 e. The van der Waals surface area contributed by atoms with Gasteiger partial charge in [0.15, 0.2) is 17.5 Å². The van der Waals surface area contributed by atoms with Crippen LogP contribution in [0.25, 0.3) is 0 Å². The van der Waals surface area contributed by atoms with Crippen LogP contribution < -0.4 is 5.32 Å². The van der Waals surface area contributed by atoms with E-state index in [-0.39, 0.29) is 12.2 Å². The molecule has 0 spiro atoms. The number of ether oxygens (including phenoxy) is 1. The molecule has 0 aliphatic heterocycles. The molecule has 0 amide bonds. The number of carbonyl (C=O) groups excluding carboxylic acids is 1. The number of rotatable bonds is 5. The van der Waals surface area contributed by atoms with Crippen LogP contribution in [0, 0.1) is 17.5 Å². The minimum Gasteiger partial charge on any atom is -0.465 e. The molecule has 6 heteroatoms. The molecule has 0 aromatic heterocycles. The zero-order valence-electron chi connectivity index (χ0n) is 11.0. The van der Waals surface area contributed by atoms with Crippen LogP contribution in [0.15, 0.2) is 12.1 Å². The van der Waals surface area contributed by atoms with Gasteiger partial charge in [-0.2, -0.15) is 0 Å². The number of nitrogens with one attached hydrogen (secondary N) is 1. The van der Waals surface area contributed by atoms with Gasteiger partial charge in [0.2, 0.25) is 0 Å². The van der Waals surface area contributed by atoms with Crippen LogP contribution in [-0.2, 0) is 9.53 Å². The molecule has 1 rings (SSSR count). The summed E-state index contributed by atoms with van der Waals surface area (Å²) in [7, 11) is 0. The first kappa shape index (κ1) is 15.5. The second-order valence-corrected chi connectivity index (χ2v) is 4.16. The summed E-state index contributed by atoms with van der Waals surface area (Å²) in [5.74, 6) is -4.48. The molecule has 1 aromatic carbocycles. The van der Waals surface area contributed by atoms with Crippen molar-refractivity contribution in [3.8, 4) is 0 Å². The van der Waals surface area contributed by atoms with Gasteiger partial charge in [-0.05, 0) is 38.5 Å². The fraction of sp³-hybridized carbons (Fsp3) is 0.462. The second-order valence-electron chi connectivity index (χ2n) is 4.16. The molecule has 0 radical (unpaired) electrons. The summed E-state index contributed by atoms with van der Waals surface area (Å²) in [4.78, 5) is 11.4. The lowest BCUT2D eigenvalue weighted by Crippen LogP contribution is -2.37. The maximum absolute atomic E-state index is 13.1. The van der Waals surface area contributed by atoms with Crippen molar-refractivity contribution in [2.75, 3.05) is 6.61 Å². The van der Waals surface area contributed by atoms with E-state index >= 15 is 0 Å². The van der Waals surface area contributed by atoms with Crippen LogP contribution in [0.3, 0.4) is 0 Å². The Kier molecular flexibility index (Phi) is 5.35. The van der Waals surface area contributed by atoms with E-state index in [4.69, 9.17) is 4.74 Å². The molecule has 2 atom stereocenters. The van der Waals surface area contributed by atoms with Crippen LogP contribution in [0.2, 0.25) is 0 Å². The van der Waals surface area contributed by atoms with Crippen molar-refractivity contribution >= 4 is 5.97 Å². The predicted octanol–water partition coefficient (Wildman–Crippen LogP) is 2.71. The monoisotopic (exact) mass is 275 g/mol. The number of hydrogen-bond acceptors (Lipinski definition) is 3. The van der Waals surface area contributed by atoms with Gasteiger partial charge in [-0.25, -0.2) is 13.2 Å². The van der Waals surface area contributed by atoms with Gasteiger partial charge in [0.1, 0.15) is 6.04 Å². The zero-order valence-corrected chi connectivity index (χ0v) is 11.0. The van der Waals surface area contributed by atoms with Crippen LogP contribution >= 0.6 is 0 Å². The van der Waals surface area contributed by atoms with Crippen molar-refractivity contribution < 1.29 is 22.7 Å². The molecular weight excluding hydrogens is 259 g/mol. The molecule has 0 aliphatic carbocycles. The highest BCUT2D eigenvalue weighted by molar-refractivity contribution is 5.75. The maximum atomic E-state index is 13.1. The van der Waals surface area contributed by atoms with E-state index < -0.39 is 35.5 Å². The van der Waals surface area contributed by atoms with Crippen molar-refractivity contribution in [1.82, 2.24) is 5.32 Å². The van der Waals surface area contributed by atoms with E-state index in [9.17, 15) is 18.0 Å². The van der Waals surface area contributed by atoms with Gasteiger partial charge in [0.25, 0.3) is 0 Å². The first-order valence-corrected chi connectivity index (χ1v) is 5.94. The topological polar surface area (TPSA) is 38.3 Å². The molecule has 1 N–H and O–H groups in total. The van der Waals surface area contributed by atoms with Crippen LogP contribution in [0.5, 0.6) is 0 Å². The smallest absolute Gasteiger partial charge is 0.322 e. The highest BCUT2D eigenvalue weighted by Crippen LogP contribution is 2.19. The average molecular weight is 275 g/mol. The number of esters is 1. The lowest BCUT2D eigenvalue weighted by molar-refractivity contribution is -0.145. The molecule has 0 bridgehead atoms. The summed E-state index contributed by atoms with van der Waals surface area (Å²) >= 11 is 0. The van der Waals surface area contributed by atoms with Crippen LogP contribution in [0.4, 0.5) is 13.2 Å². The molecule has 106 valence electrons. The molecule has 0 saturated heterocycles. The lowest BCUT2D eigenvalue weighted by Gasteiger charge is -2.19. The highest BCUT2D eigenvalue weighted by atomic mass is 19.2. The van der Waals surface area contributed by atoms with Gasteiger partial charge in [-0.15, -0.1) is 0 Å². The molecular formula is C13H16F3NO2. The third-order valence-corrected chi connectivity index (χ3v) is 2.65. The summed E-state index contributed by atoms with van der Waals surface area (Å²) in [6.45, 7) is 5.12. The molecule has 0 fully saturated rings. The van der Waals surface area contributed by atoms with Gasteiger partial charge in [-0.1, -0.05) is 0 Å². The van der Waals surface area contributed by atoms with Crippen molar-refractivity contribution in [3.05, 3.63) is 35.1 Å². The fourth-order valence-corrected chi connectivity index (χ4v) is 1.63. The first-order valence-electron chi connectivity index (χ1n) is 5.94. The fourth-order valence-electron chi connectivity index (χ4n) is 1.63. The lowest BCUT2D eigenvalue weighted by atomic mass is 10.1. The normalized spacial score (nSPS) is 14.0. The number of halogens is 3. The molecule has 2 unspecified atom stereocenters. The van der Waals surface area contributed by atoms with Gasteiger partial charge >= 0.3 is 5.97 Å².